The Kier molecular flexibility index (Phi) is 2.11. The van der Waals surface area contributed by atoms with Gasteiger partial charge in [0, 0.05) is 0 Å². The number of hydrogen-bond acceptors (Lipinski definition) is 3. The minimum absolute atomic E-state index is 0.703. The predicted octanol–water partition coefficient (Wildman–Crippen LogP) is -0.346. The third-order valence-corrected chi connectivity index (χ3v) is 39.3. The molecule has 4 unspecified atom stereocenters. The van der Waals surface area contributed by atoms with Crippen molar-refractivity contribution in [1.82, 2.24) is 0 Å². The molecule has 0 aromatic carbocycles. The van der Waals surface area contributed by atoms with Crippen molar-refractivity contribution in [2.45, 2.75) is 12.0 Å². The molecule has 0 N–H and O–H groups in total. The molecule has 0 radical (unpaired) electrons. The molecule has 4 saturated heterocycles. The van der Waals surface area contributed by atoms with E-state index in [0.717, 1.165) is 0 Å². The summed E-state index contributed by atoms with van der Waals surface area (Å²) in [6.45, 7) is 0. The van der Waals surface area contributed by atoms with Crippen molar-refractivity contribution in [2.75, 3.05) is 0 Å². The Bertz CT molecular complexity index is 107. The summed E-state index contributed by atoms with van der Waals surface area (Å²) < 4.78 is 21.6. The van der Waals surface area contributed by atoms with Crippen LogP contribution in [0.1, 0.15) is 0 Å². The molecule has 4 atom stereocenters. The van der Waals surface area contributed by atoms with Crippen molar-refractivity contribution in [3.63, 3.8) is 0 Å². The Morgan fingerprint density at radius 1 is 0.700 bits per heavy atom. The maximum atomic E-state index is 5.89. The summed E-state index contributed by atoms with van der Waals surface area (Å²) in [6.07, 6.45) is 0. The Morgan fingerprint density at radius 3 is 1.80 bits per heavy atom. The predicted molar refractivity (Wildman–Crippen MR) is 40.7 cm³/mol. The number of rotatable bonds is 0. The quantitative estimate of drug-likeness (QED) is 0.530. The van der Waals surface area contributed by atoms with Gasteiger partial charge in [-0.15, -0.1) is 0 Å². The molecule has 7 heteroatoms. The summed E-state index contributed by atoms with van der Waals surface area (Å²) in [5, 5.41) is 0. The fourth-order valence-corrected chi connectivity index (χ4v) is 67.1. The molecule has 0 aromatic heterocycles. The first-order valence-corrected chi connectivity index (χ1v) is 15.6. The fraction of sp³-hybridized carbons (Fsp3) is 1.00. The SMILES string of the molecule is C1[As]2C[As]3O[As]1C[As](O2)O3. The Morgan fingerprint density at radius 2 is 1.30 bits per heavy atom. The summed E-state index contributed by atoms with van der Waals surface area (Å²) in [7, 11) is 0. The van der Waals surface area contributed by atoms with Gasteiger partial charge in [0.2, 0.25) is 0 Å². The van der Waals surface area contributed by atoms with Crippen LogP contribution in [0.2, 0.25) is 12.0 Å². The molecule has 0 amide bonds. The molecular weight excluding hydrogens is 384 g/mol. The van der Waals surface area contributed by atoms with Gasteiger partial charge >= 0.3 is 80.8 Å². The van der Waals surface area contributed by atoms with E-state index in [2.05, 4.69) is 0 Å². The van der Waals surface area contributed by atoms with Gasteiger partial charge in [0.25, 0.3) is 0 Å². The van der Waals surface area contributed by atoms with E-state index >= 15 is 0 Å². The third-order valence-electron chi connectivity index (χ3n) is 1.46. The molecule has 4 heterocycles. The molecule has 4 aliphatic heterocycles. The van der Waals surface area contributed by atoms with E-state index in [4.69, 9.17) is 8.15 Å². The molecule has 4 rings (SSSR count). The van der Waals surface area contributed by atoms with E-state index in [0.29, 0.717) is 0 Å². The first-order chi connectivity index (χ1) is 4.90. The van der Waals surface area contributed by atoms with Crippen molar-refractivity contribution < 1.29 is 8.15 Å². The van der Waals surface area contributed by atoms with Crippen molar-refractivity contribution in [3.8, 4) is 0 Å². The van der Waals surface area contributed by atoms with E-state index in [1.807, 2.05) is 0 Å². The molecule has 0 spiro atoms. The van der Waals surface area contributed by atoms with Gasteiger partial charge in [-0.2, -0.15) is 0 Å². The molecule has 56 valence electrons. The van der Waals surface area contributed by atoms with E-state index < -0.39 is 60.7 Å². The van der Waals surface area contributed by atoms with E-state index in [9.17, 15) is 0 Å². The molecule has 3 nitrogen and oxygen atoms in total. The van der Waals surface area contributed by atoms with Crippen LogP contribution in [0.5, 0.6) is 0 Å². The zero-order valence-electron chi connectivity index (χ0n) is 5.13. The standard InChI is InChI=1S/C3H6As4O3/c1-4-2-6-9-5(1)3-7(8-4)10-6/h1-3H2. The zero-order chi connectivity index (χ0) is 6.55. The molecule has 0 saturated carbocycles. The third kappa shape index (κ3) is 1.23. The zero-order valence-corrected chi connectivity index (χ0v) is 12.6. The van der Waals surface area contributed by atoms with E-state index in [-0.39, 0.29) is 0 Å². The summed E-state index contributed by atoms with van der Waals surface area (Å²) in [5.74, 6) is 0. The maximum absolute atomic E-state index is 5.89. The average molecular weight is 390 g/mol. The summed E-state index contributed by atoms with van der Waals surface area (Å²) in [6, 6.07) is 0. The van der Waals surface area contributed by atoms with Crippen LogP contribution in [0.3, 0.4) is 0 Å². The van der Waals surface area contributed by atoms with Crippen LogP contribution in [0.4, 0.5) is 0 Å². The molecular formula is C3H6As4O3. The van der Waals surface area contributed by atoms with Crippen LogP contribution < -0.4 is 0 Å². The summed E-state index contributed by atoms with van der Waals surface area (Å²) >= 11 is -3.56. The molecule has 4 aliphatic rings. The summed E-state index contributed by atoms with van der Waals surface area (Å²) in [4.78, 5) is 0. The van der Waals surface area contributed by atoms with Gasteiger partial charge in [-0.05, 0) is 0 Å². The van der Waals surface area contributed by atoms with Crippen LogP contribution in [-0.4, -0.2) is 60.7 Å². The number of hydrogen-bond donors (Lipinski definition) is 0. The van der Waals surface area contributed by atoms with Crippen molar-refractivity contribution in [1.29, 1.82) is 0 Å². The molecule has 4 bridgehead atoms. The van der Waals surface area contributed by atoms with Crippen LogP contribution in [0.15, 0.2) is 0 Å². The molecule has 0 aliphatic carbocycles. The van der Waals surface area contributed by atoms with Gasteiger partial charge in [-0.3, -0.25) is 0 Å². The Labute approximate surface area is 79.9 Å². The van der Waals surface area contributed by atoms with Crippen molar-refractivity contribution in [2.24, 2.45) is 0 Å². The van der Waals surface area contributed by atoms with Gasteiger partial charge in [-0.1, -0.05) is 0 Å². The van der Waals surface area contributed by atoms with E-state index in [1.54, 1.807) is 0 Å². The van der Waals surface area contributed by atoms with E-state index in [1.165, 1.54) is 12.0 Å². The van der Waals surface area contributed by atoms with Crippen LogP contribution in [0.25, 0.3) is 0 Å². The van der Waals surface area contributed by atoms with Crippen LogP contribution >= 0.6 is 0 Å². The first-order valence-electron chi connectivity index (χ1n) is 2.99. The Balaban J connectivity index is 1.90. The van der Waals surface area contributed by atoms with Crippen molar-refractivity contribution in [3.05, 3.63) is 0 Å². The minimum atomic E-state index is -1.08. The second kappa shape index (κ2) is 2.81. The average Bonchev–Trinajstić information content (AvgIpc) is 1.82. The topological polar surface area (TPSA) is 27.7 Å². The molecule has 10 heavy (non-hydrogen) atoms. The van der Waals surface area contributed by atoms with Crippen molar-refractivity contribution >= 4 is 60.7 Å². The van der Waals surface area contributed by atoms with Gasteiger partial charge < -0.3 is 0 Å². The van der Waals surface area contributed by atoms with Gasteiger partial charge in [0.05, 0.1) is 0 Å². The molecule has 0 aromatic rings. The van der Waals surface area contributed by atoms with Crippen LogP contribution in [0, 0.1) is 0 Å². The fourth-order valence-electron chi connectivity index (χ4n) is 1.12. The normalized spacial score (nSPS) is 57.6. The van der Waals surface area contributed by atoms with Gasteiger partial charge in [0.15, 0.2) is 0 Å². The Hall–Kier alpha value is 2.11. The van der Waals surface area contributed by atoms with Gasteiger partial charge in [-0.25, -0.2) is 0 Å². The summed E-state index contributed by atoms with van der Waals surface area (Å²) in [5.41, 5.74) is 0. The first kappa shape index (κ1) is 7.51. The molecule has 4 fully saturated rings. The second-order valence-corrected chi connectivity index (χ2v) is 26.5. The second-order valence-electron chi connectivity index (χ2n) is 2.30. The monoisotopic (exact) mass is 390 g/mol. The van der Waals surface area contributed by atoms with Crippen LogP contribution in [-0.2, 0) is 8.15 Å². The van der Waals surface area contributed by atoms with Gasteiger partial charge in [0.1, 0.15) is 0 Å².